The zero-order valence-electron chi connectivity index (χ0n) is 16.0. The summed E-state index contributed by atoms with van der Waals surface area (Å²) in [6, 6.07) is 9.08. The molecule has 1 aromatic carbocycles. The lowest BCUT2D eigenvalue weighted by molar-refractivity contribution is -0.141. The summed E-state index contributed by atoms with van der Waals surface area (Å²) in [4.78, 5) is 12.7. The van der Waals surface area contributed by atoms with Crippen LogP contribution in [0.25, 0.3) is 0 Å². The minimum atomic E-state index is -4.55. The molecule has 0 aliphatic heterocycles. The van der Waals surface area contributed by atoms with Crippen LogP contribution in [-0.2, 0) is 17.5 Å². The monoisotopic (exact) mass is 437 g/mol. The topological polar surface area (TPSA) is 64.7 Å². The van der Waals surface area contributed by atoms with E-state index in [1.807, 2.05) is 12.1 Å². The Kier molecular flexibility index (Phi) is 5.31. The van der Waals surface area contributed by atoms with Gasteiger partial charge in [0, 0.05) is 28.9 Å². The van der Waals surface area contributed by atoms with Crippen molar-refractivity contribution in [2.24, 2.45) is 0 Å². The number of benzene rings is 1. The third-order valence-corrected chi connectivity index (χ3v) is 5.20. The van der Waals surface area contributed by atoms with Crippen molar-refractivity contribution in [3.05, 3.63) is 64.6 Å². The molecule has 1 amide bonds. The van der Waals surface area contributed by atoms with Gasteiger partial charge in [0.15, 0.2) is 11.5 Å². The van der Waals surface area contributed by atoms with E-state index in [-0.39, 0.29) is 5.92 Å². The first-order chi connectivity index (χ1) is 14.2. The van der Waals surface area contributed by atoms with Gasteiger partial charge in [-0.2, -0.15) is 23.4 Å². The Labute approximate surface area is 175 Å². The minimum absolute atomic E-state index is 0.0161. The minimum Gasteiger partial charge on any atom is -0.307 e. The van der Waals surface area contributed by atoms with Crippen molar-refractivity contribution < 1.29 is 18.0 Å². The molecule has 2 heterocycles. The van der Waals surface area contributed by atoms with E-state index >= 15 is 0 Å². The van der Waals surface area contributed by atoms with Gasteiger partial charge in [0.25, 0.3) is 0 Å². The third-order valence-electron chi connectivity index (χ3n) is 4.95. The van der Waals surface area contributed by atoms with E-state index in [1.54, 1.807) is 29.1 Å². The summed E-state index contributed by atoms with van der Waals surface area (Å²) in [5, 5.41) is 11.3. The van der Waals surface area contributed by atoms with Crippen molar-refractivity contribution >= 4 is 23.3 Å². The van der Waals surface area contributed by atoms with Gasteiger partial charge in [-0.05, 0) is 43.5 Å². The van der Waals surface area contributed by atoms with Crippen molar-refractivity contribution in [2.75, 3.05) is 5.32 Å². The van der Waals surface area contributed by atoms with Crippen LogP contribution >= 0.6 is 11.6 Å². The number of nitrogens with one attached hydrogen (secondary N) is 1. The maximum Gasteiger partial charge on any atom is 0.435 e. The first-order valence-electron chi connectivity index (χ1n) is 9.46. The molecular formula is C20H19ClF3N5O. The van der Waals surface area contributed by atoms with Crippen LogP contribution in [0.4, 0.5) is 19.0 Å². The van der Waals surface area contributed by atoms with Crippen LogP contribution < -0.4 is 5.32 Å². The molecular weight excluding hydrogens is 419 g/mol. The second kappa shape index (κ2) is 7.79. The molecule has 1 aliphatic carbocycles. The highest BCUT2D eigenvalue weighted by atomic mass is 35.5. The molecule has 0 radical (unpaired) electrons. The summed E-state index contributed by atoms with van der Waals surface area (Å²) in [5.74, 6) is -0.148. The van der Waals surface area contributed by atoms with E-state index in [4.69, 9.17) is 11.6 Å². The normalized spacial score (nSPS) is 15.2. The Morgan fingerprint density at radius 3 is 2.57 bits per heavy atom. The first kappa shape index (κ1) is 20.5. The Hall–Kier alpha value is -2.81. The molecule has 1 aliphatic rings. The number of nitrogens with zero attached hydrogens (tertiary/aromatic N) is 4. The molecule has 10 heteroatoms. The van der Waals surface area contributed by atoms with Crippen LogP contribution in [0.3, 0.4) is 0 Å². The van der Waals surface area contributed by atoms with E-state index in [1.165, 1.54) is 11.6 Å². The van der Waals surface area contributed by atoms with Crippen LogP contribution in [0.2, 0.25) is 5.02 Å². The van der Waals surface area contributed by atoms with Gasteiger partial charge in [0.05, 0.1) is 6.54 Å². The highest BCUT2D eigenvalue weighted by molar-refractivity contribution is 6.30. The van der Waals surface area contributed by atoms with Crippen LogP contribution in [0.15, 0.2) is 42.6 Å². The van der Waals surface area contributed by atoms with Gasteiger partial charge >= 0.3 is 6.18 Å². The number of amides is 1. The maximum absolute atomic E-state index is 13.1. The van der Waals surface area contributed by atoms with E-state index < -0.39 is 23.8 Å². The lowest BCUT2D eigenvalue weighted by Gasteiger charge is -2.15. The number of carbonyl (C=O) groups is 1. The molecule has 0 bridgehead atoms. The zero-order valence-corrected chi connectivity index (χ0v) is 16.8. The summed E-state index contributed by atoms with van der Waals surface area (Å²) in [7, 11) is 0. The Bertz CT molecular complexity index is 1050. The lowest BCUT2D eigenvalue weighted by atomic mass is 10.2. The number of aromatic nitrogens is 4. The second-order valence-corrected chi connectivity index (χ2v) is 7.80. The summed E-state index contributed by atoms with van der Waals surface area (Å²) in [6.45, 7) is 2.02. The standard InChI is InChI=1S/C20H19ClF3N5O/c1-12(29-16(14-4-5-14)10-17(26-29)20(22,23)24)19(30)25-18-8-9-28(27-18)11-13-2-6-15(21)7-3-13/h2-3,6-10,12,14H,4-5,11H2,1H3,(H,25,27,30). The summed E-state index contributed by atoms with van der Waals surface area (Å²) in [5.41, 5.74) is 0.452. The number of anilines is 1. The number of halogens is 4. The molecule has 1 saturated carbocycles. The van der Waals surface area contributed by atoms with Crippen LogP contribution in [0.5, 0.6) is 0 Å². The number of rotatable bonds is 6. The SMILES string of the molecule is CC(C(=O)Nc1ccn(Cc2ccc(Cl)cc2)n1)n1nc(C(F)(F)F)cc1C1CC1. The third kappa shape index (κ3) is 4.51. The van der Waals surface area contributed by atoms with Gasteiger partial charge in [-0.1, -0.05) is 23.7 Å². The zero-order chi connectivity index (χ0) is 21.5. The molecule has 3 aromatic rings. The van der Waals surface area contributed by atoms with Crippen LogP contribution in [0.1, 0.15) is 48.7 Å². The molecule has 158 valence electrons. The van der Waals surface area contributed by atoms with Crippen molar-refractivity contribution in [1.29, 1.82) is 0 Å². The van der Waals surface area contributed by atoms with E-state index in [0.29, 0.717) is 23.1 Å². The van der Waals surface area contributed by atoms with Crippen molar-refractivity contribution in [2.45, 2.75) is 44.4 Å². The Morgan fingerprint density at radius 2 is 1.93 bits per heavy atom. The van der Waals surface area contributed by atoms with Gasteiger partial charge in [-0.15, -0.1) is 0 Å². The van der Waals surface area contributed by atoms with Crippen LogP contribution in [0, 0.1) is 0 Å². The lowest BCUT2D eigenvalue weighted by Crippen LogP contribution is -2.26. The van der Waals surface area contributed by atoms with Gasteiger partial charge in [-0.3, -0.25) is 14.2 Å². The highest BCUT2D eigenvalue weighted by Gasteiger charge is 2.39. The fourth-order valence-corrected chi connectivity index (χ4v) is 3.30. The molecule has 30 heavy (non-hydrogen) atoms. The fraction of sp³-hybridized carbons (Fsp3) is 0.350. The van der Waals surface area contributed by atoms with Crippen molar-refractivity contribution in [3.63, 3.8) is 0 Å². The predicted octanol–water partition coefficient (Wildman–Crippen LogP) is 4.88. The van der Waals surface area contributed by atoms with Gasteiger partial charge in [-0.25, -0.2) is 0 Å². The largest absolute Gasteiger partial charge is 0.435 e. The number of hydrogen-bond acceptors (Lipinski definition) is 3. The highest BCUT2D eigenvalue weighted by Crippen LogP contribution is 2.43. The average molecular weight is 438 g/mol. The number of hydrogen-bond donors (Lipinski definition) is 1. The first-order valence-corrected chi connectivity index (χ1v) is 9.84. The van der Waals surface area contributed by atoms with Crippen molar-refractivity contribution in [3.8, 4) is 0 Å². The maximum atomic E-state index is 13.1. The molecule has 1 unspecified atom stereocenters. The Morgan fingerprint density at radius 1 is 1.23 bits per heavy atom. The molecule has 0 saturated heterocycles. The van der Waals surface area contributed by atoms with Crippen molar-refractivity contribution in [1.82, 2.24) is 19.6 Å². The summed E-state index contributed by atoms with van der Waals surface area (Å²) >= 11 is 5.88. The van der Waals surface area contributed by atoms with Crippen LogP contribution in [-0.4, -0.2) is 25.5 Å². The fourth-order valence-electron chi connectivity index (χ4n) is 3.18. The van der Waals surface area contributed by atoms with E-state index in [0.717, 1.165) is 24.5 Å². The number of carbonyl (C=O) groups excluding carboxylic acids is 1. The summed E-state index contributed by atoms with van der Waals surface area (Å²) in [6.07, 6.45) is -1.25. The molecule has 6 nitrogen and oxygen atoms in total. The molecule has 1 fully saturated rings. The quantitative estimate of drug-likeness (QED) is 0.598. The number of alkyl halides is 3. The smallest absolute Gasteiger partial charge is 0.307 e. The molecule has 1 atom stereocenters. The average Bonchev–Trinajstić information content (AvgIpc) is 3.27. The van der Waals surface area contributed by atoms with Gasteiger partial charge in [0.2, 0.25) is 5.91 Å². The molecule has 2 aromatic heterocycles. The second-order valence-electron chi connectivity index (χ2n) is 7.36. The predicted molar refractivity (Wildman–Crippen MR) is 105 cm³/mol. The van der Waals surface area contributed by atoms with E-state index in [9.17, 15) is 18.0 Å². The molecule has 1 N–H and O–H groups in total. The molecule has 0 spiro atoms. The van der Waals surface area contributed by atoms with E-state index in [2.05, 4.69) is 15.5 Å². The summed E-state index contributed by atoms with van der Waals surface area (Å²) < 4.78 is 42.1. The Balaban J connectivity index is 1.46. The van der Waals surface area contributed by atoms with Gasteiger partial charge < -0.3 is 5.32 Å². The van der Waals surface area contributed by atoms with Gasteiger partial charge in [0.1, 0.15) is 6.04 Å². The molecule has 4 rings (SSSR count).